The predicted octanol–water partition coefficient (Wildman–Crippen LogP) is 6.66. The maximum atomic E-state index is 12.0. The van der Waals surface area contributed by atoms with Gasteiger partial charge in [-0.05, 0) is 58.4 Å². The van der Waals surface area contributed by atoms with Crippen LogP contribution in [0.25, 0.3) is 17.2 Å². The molecule has 0 aliphatic heterocycles. The number of benzene rings is 3. The van der Waals surface area contributed by atoms with Gasteiger partial charge in [-0.15, -0.1) is 0 Å². The van der Waals surface area contributed by atoms with E-state index >= 15 is 0 Å². The fourth-order valence-electron chi connectivity index (χ4n) is 2.95. The Morgan fingerprint density at radius 1 is 0.857 bits per heavy atom. The Kier molecular flexibility index (Phi) is 6.44. The van der Waals surface area contributed by atoms with Crippen molar-refractivity contribution < 1.29 is 9.53 Å². The van der Waals surface area contributed by atoms with Crippen LogP contribution in [0.1, 0.15) is 43.4 Å². The van der Waals surface area contributed by atoms with Gasteiger partial charge in [-0.2, -0.15) is 0 Å². The van der Waals surface area contributed by atoms with Crippen LogP contribution in [0, 0.1) is 0 Å². The van der Waals surface area contributed by atoms with E-state index in [0.717, 1.165) is 17.5 Å². The summed E-state index contributed by atoms with van der Waals surface area (Å²) < 4.78 is 5.33. The Balaban J connectivity index is 1.61. The normalized spacial score (nSPS) is 11.1. The lowest BCUT2D eigenvalue weighted by molar-refractivity contribution is -0.128. The van der Waals surface area contributed by atoms with Crippen LogP contribution in [0.2, 0.25) is 0 Å². The van der Waals surface area contributed by atoms with Crippen molar-refractivity contribution in [1.29, 1.82) is 0 Å². The van der Waals surface area contributed by atoms with Gasteiger partial charge in [0.05, 0.1) is 0 Å². The third-order valence-corrected chi connectivity index (χ3v) is 4.78. The molecule has 0 saturated carbocycles. The molecule has 142 valence electrons. The second kappa shape index (κ2) is 9.18. The Morgan fingerprint density at radius 2 is 1.43 bits per heavy atom. The molecule has 0 fully saturated rings. The molecule has 3 rings (SSSR count). The number of rotatable bonds is 6. The van der Waals surface area contributed by atoms with Gasteiger partial charge in [0.1, 0.15) is 5.75 Å². The summed E-state index contributed by atoms with van der Waals surface area (Å²) in [5, 5.41) is 0. The van der Waals surface area contributed by atoms with Crippen LogP contribution in [-0.4, -0.2) is 5.97 Å². The summed E-state index contributed by atoms with van der Waals surface area (Å²) in [5.41, 5.74) is 5.86. The second-order valence-corrected chi connectivity index (χ2v) is 7.15. The lowest BCUT2D eigenvalue weighted by atomic mass is 9.98. The number of aryl methyl sites for hydroxylation is 1. The molecule has 0 atom stereocenters. The van der Waals surface area contributed by atoms with Crippen molar-refractivity contribution in [2.45, 2.75) is 33.1 Å². The first kappa shape index (κ1) is 19.6. The van der Waals surface area contributed by atoms with Crippen LogP contribution in [0.4, 0.5) is 0 Å². The van der Waals surface area contributed by atoms with Gasteiger partial charge in [0.25, 0.3) is 0 Å². The van der Waals surface area contributed by atoms with E-state index in [1.54, 1.807) is 6.08 Å². The number of hydrogen-bond acceptors (Lipinski definition) is 2. The number of ether oxygens (including phenoxy) is 1. The van der Waals surface area contributed by atoms with Gasteiger partial charge >= 0.3 is 5.97 Å². The average molecular weight is 370 g/mol. The maximum absolute atomic E-state index is 12.0. The van der Waals surface area contributed by atoms with E-state index in [-0.39, 0.29) is 5.97 Å². The molecule has 3 aromatic rings. The number of carbonyl (C=O) groups is 1. The quantitative estimate of drug-likeness (QED) is 0.275. The molecule has 0 saturated heterocycles. The van der Waals surface area contributed by atoms with E-state index in [0.29, 0.717) is 11.7 Å². The second-order valence-electron chi connectivity index (χ2n) is 7.15. The molecule has 0 N–H and O–H groups in total. The Morgan fingerprint density at radius 3 is 1.96 bits per heavy atom. The van der Waals surface area contributed by atoms with Crippen molar-refractivity contribution in [3.8, 4) is 16.9 Å². The molecule has 2 nitrogen and oxygen atoms in total. The summed E-state index contributed by atoms with van der Waals surface area (Å²) in [5.74, 6) is 0.718. The standard InChI is InChI=1S/C26H26O2/c1-4-20-7-16-25(17-8-20)28-26(27)18-9-21-5-10-23(11-6-21)24-14-12-22(13-15-24)19(2)3/h5-19H,4H2,1-3H3/b18-9+. The van der Waals surface area contributed by atoms with E-state index in [1.165, 1.54) is 22.8 Å². The van der Waals surface area contributed by atoms with Gasteiger partial charge in [0.15, 0.2) is 0 Å². The van der Waals surface area contributed by atoms with Gasteiger partial charge in [0, 0.05) is 6.08 Å². The first-order valence-electron chi connectivity index (χ1n) is 9.74. The van der Waals surface area contributed by atoms with Gasteiger partial charge in [-0.25, -0.2) is 4.79 Å². The summed E-state index contributed by atoms with van der Waals surface area (Å²) in [4.78, 5) is 12.0. The highest BCUT2D eigenvalue weighted by Gasteiger charge is 2.02. The van der Waals surface area contributed by atoms with Crippen molar-refractivity contribution in [1.82, 2.24) is 0 Å². The Bertz CT molecular complexity index is 931. The average Bonchev–Trinajstić information content (AvgIpc) is 2.73. The third kappa shape index (κ3) is 5.20. The number of esters is 1. The largest absolute Gasteiger partial charge is 0.423 e. The van der Waals surface area contributed by atoms with Gasteiger partial charge < -0.3 is 4.74 Å². The fourth-order valence-corrected chi connectivity index (χ4v) is 2.95. The van der Waals surface area contributed by atoms with Crippen LogP contribution in [0.15, 0.2) is 78.9 Å². The van der Waals surface area contributed by atoms with E-state index in [1.807, 2.05) is 36.4 Å². The summed E-state index contributed by atoms with van der Waals surface area (Å²) in [6.45, 7) is 6.48. The minimum atomic E-state index is -0.377. The van der Waals surface area contributed by atoms with Crippen molar-refractivity contribution in [3.05, 3.63) is 95.6 Å². The summed E-state index contributed by atoms with van der Waals surface area (Å²) in [6, 6.07) is 24.4. The molecule has 28 heavy (non-hydrogen) atoms. The number of carbonyl (C=O) groups excluding carboxylic acids is 1. The van der Waals surface area contributed by atoms with E-state index < -0.39 is 0 Å². The lowest BCUT2D eigenvalue weighted by Gasteiger charge is -2.07. The number of hydrogen-bond donors (Lipinski definition) is 0. The molecule has 0 heterocycles. The lowest BCUT2D eigenvalue weighted by Crippen LogP contribution is -2.03. The topological polar surface area (TPSA) is 26.3 Å². The molecule has 0 aliphatic carbocycles. The third-order valence-electron chi connectivity index (χ3n) is 4.78. The maximum Gasteiger partial charge on any atom is 0.336 e. The van der Waals surface area contributed by atoms with Crippen LogP contribution < -0.4 is 4.74 Å². The van der Waals surface area contributed by atoms with Crippen LogP contribution in [0.3, 0.4) is 0 Å². The van der Waals surface area contributed by atoms with Crippen molar-refractivity contribution in [3.63, 3.8) is 0 Å². The van der Waals surface area contributed by atoms with Crippen molar-refractivity contribution >= 4 is 12.0 Å². The van der Waals surface area contributed by atoms with Crippen LogP contribution >= 0.6 is 0 Å². The van der Waals surface area contributed by atoms with Crippen LogP contribution in [-0.2, 0) is 11.2 Å². The highest BCUT2D eigenvalue weighted by molar-refractivity contribution is 5.88. The van der Waals surface area contributed by atoms with Gasteiger partial charge in [0.2, 0.25) is 0 Å². The first-order valence-corrected chi connectivity index (χ1v) is 9.74. The molecule has 0 amide bonds. The van der Waals surface area contributed by atoms with E-state index in [2.05, 4.69) is 57.2 Å². The predicted molar refractivity (Wildman–Crippen MR) is 116 cm³/mol. The molecule has 2 heteroatoms. The summed E-state index contributed by atoms with van der Waals surface area (Å²) in [6.07, 6.45) is 4.19. The molecule has 0 unspecified atom stereocenters. The Labute approximate surface area is 167 Å². The SMILES string of the molecule is CCc1ccc(OC(=O)/C=C/c2ccc(-c3ccc(C(C)C)cc3)cc2)cc1. The van der Waals surface area contributed by atoms with Gasteiger partial charge in [-0.3, -0.25) is 0 Å². The van der Waals surface area contributed by atoms with Crippen LogP contribution in [0.5, 0.6) is 5.75 Å². The summed E-state index contributed by atoms with van der Waals surface area (Å²) in [7, 11) is 0. The van der Waals surface area contributed by atoms with E-state index in [9.17, 15) is 4.79 Å². The molecule has 3 aromatic carbocycles. The zero-order valence-corrected chi connectivity index (χ0v) is 16.7. The fraction of sp³-hybridized carbons (Fsp3) is 0.192. The molecule has 0 aliphatic rings. The van der Waals surface area contributed by atoms with Gasteiger partial charge in [-0.1, -0.05) is 81.4 Å². The molecule has 0 radical (unpaired) electrons. The zero-order valence-electron chi connectivity index (χ0n) is 16.7. The van der Waals surface area contributed by atoms with E-state index in [4.69, 9.17) is 4.74 Å². The zero-order chi connectivity index (χ0) is 19.9. The Hall–Kier alpha value is -3.13. The van der Waals surface area contributed by atoms with Crippen molar-refractivity contribution in [2.24, 2.45) is 0 Å². The highest BCUT2D eigenvalue weighted by Crippen LogP contribution is 2.23. The molecular weight excluding hydrogens is 344 g/mol. The van der Waals surface area contributed by atoms with Crippen molar-refractivity contribution in [2.75, 3.05) is 0 Å². The monoisotopic (exact) mass is 370 g/mol. The highest BCUT2D eigenvalue weighted by atomic mass is 16.5. The first-order chi connectivity index (χ1) is 13.5. The smallest absolute Gasteiger partial charge is 0.336 e. The molecule has 0 bridgehead atoms. The molecular formula is C26H26O2. The minimum Gasteiger partial charge on any atom is -0.423 e. The molecule has 0 spiro atoms. The minimum absolute atomic E-state index is 0.377. The molecule has 0 aromatic heterocycles. The summed E-state index contributed by atoms with van der Waals surface area (Å²) >= 11 is 0.